The largest absolute Gasteiger partial charge is 0.300 e. The molecule has 2 aromatic rings. The van der Waals surface area contributed by atoms with Crippen molar-refractivity contribution < 1.29 is 17.6 Å². The Morgan fingerprint density at radius 3 is 2.38 bits per heavy atom. The summed E-state index contributed by atoms with van der Waals surface area (Å²) in [5.41, 5.74) is 1.45. The van der Waals surface area contributed by atoms with Gasteiger partial charge in [0.1, 0.15) is 5.82 Å². The lowest BCUT2D eigenvalue weighted by atomic mass is 10.1. The van der Waals surface area contributed by atoms with Gasteiger partial charge in [-0.1, -0.05) is 29.8 Å². The van der Waals surface area contributed by atoms with Gasteiger partial charge in [-0.15, -0.1) is 0 Å². The Labute approximate surface area is 140 Å². The Balaban J connectivity index is 2.05. The summed E-state index contributed by atoms with van der Waals surface area (Å²) >= 11 is 0. The molecule has 4 nitrogen and oxygen atoms in total. The fourth-order valence-electron chi connectivity index (χ4n) is 2.65. The van der Waals surface area contributed by atoms with E-state index in [0.717, 1.165) is 11.0 Å². The van der Waals surface area contributed by atoms with Crippen LogP contribution in [0, 0.1) is 12.7 Å². The zero-order chi connectivity index (χ0) is 17.3. The maximum absolute atomic E-state index is 14.0. The second-order valence-electron chi connectivity index (χ2n) is 5.72. The van der Waals surface area contributed by atoms with Crippen LogP contribution < -0.4 is 4.90 Å². The molecule has 0 fully saturated rings. The van der Waals surface area contributed by atoms with Crippen LogP contribution in [-0.2, 0) is 9.84 Å². The fraction of sp³-hybridized carbons (Fsp3) is 0.167. The molecular weight excluding hydrogens is 329 g/mol. The number of hydrogen-bond donors (Lipinski definition) is 0. The second kappa shape index (κ2) is 6.20. The van der Waals surface area contributed by atoms with Crippen LogP contribution >= 0.6 is 0 Å². The quantitative estimate of drug-likeness (QED) is 0.859. The molecule has 1 heterocycles. The van der Waals surface area contributed by atoms with Gasteiger partial charge in [0.2, 0.25) is 0 Å². The monoisotopic (exact) mass is 345 g/mol. The molecule has 0 aromatic heterocycles. The number of halogens is 1. The molecule has 1 amide bonds. The third kappa shape index (κ3) is 3.23. The third-order valence-electron chi connectivity index (χ3n) is 3.88. The highest BCUT2D eigenvalue weighted by molar-refractivity contribution is 7.94. The van der Waals surface area contributed by atoms with E-state index in [9.17, 15) is 17.6 Å². The van der Waals surface area contributed by atoms with E-state index in [2.05, 4.69) is 0 Å². The van der Waals surface area contributed by atoms with E-state index >= 15 is 0 Å². The standard InChI is InChI=1S/C18H16FNO3S/c1-13-6-8-14(9-7-13)20(15-10-11-24(22,23)12-15)18(21)16-4-2-3-5-17(16)19/h2-11,15H,12H2,1H3/t15-/m0/s1. The third-order valence-corrected chi connectivity index (χ3v) is 5.26. The highest BCUT2D eigenvalue weighted by Gasteiger charge is 2.32. The number of amides is 1. The Bertz CT molecular complexity index is 904. The molecule has 0 saturated carbocycles. The summed E-state index contributed by atoms with van der Waals surface area (Å²) < 4.78 is 37.6. The van der Waals surface area contributed by atoms with Gasteiger partial charge in [-0.25, -0.2) is 12.8 Å². The van der Waals surface area contributed by atoms with Crippen molar-refractivity contribution in [3.63, 3.8) is 0 Å². The van der Waals surface area contributed by atoms with Gasteiger partial charge in [0, 0.05) is 11.1 Å². The van der Waals surface area contributed by atoms with Crippen LogP contribution in [0.4, 0.5) is 10.1 Å². The second-order valence-corrected chi connectivity index (χ2v) is 7.65. The maximum atomic E-state index is 14.0. The first kappa shape index (κ1) is 16.4. The molecule has 0 N–H and O–H groups in total. The normalized spacial score (nSPS) is 18.5. The molecule has 0 unspecified atom stereocenters. The van der Waals surface area contributed by atoms with Gasteiger partial charge in [0.05, 0.1) is 17.4 Å². The zero-order valence-electron chi connectivity index (χ0n) is 13.0. The molecule has 6 heteroatoms. The van der Waals surface area contributed by atoms with E-state index in [-0.39, 0.29) is 11.3 Å². The predicted octanol–water partition coefficient (Wildman–Crippen LogP) is 3.09. The highest BCUT2D eigenvalue weighted by atomic mass is 32.2. The van der Waals surface area contributed by atoms with Crippen molar-refractivity contribution in [3.05, 3.63) is 77.0 Å². The van der Waals surface area contributed by atoms with Crippen molar-refractivity contribution in [3.8, 4) is 0 Å². The maximum Gasteiger partial charge on any atom is 0.261 e. The Morgan fingerprint density at radius 2 is 1.79 bits per heavy atom. The molecule has 1 aliphatic heterocycles. The van der Waals surface area contributed by atoms with E-state index < -0.39 is 27.6 Å². The minimum atomic E-state index is -3.35. The number of aryl methyl sites for hydroxylation is 1. The lowest BCUT2D eigenvalue weighted by Crippen LogP contribution is -2.41. The lowest BCUT2D eigenvalue weighted by Gasteiger charge is -2.28. The number of carbonyl (C=O) groups is 1. The lowest BCUT2D eigenvalue weighted by molar-refractivity contribution is 0.0979. The summed E-state index contributed by atoms with van der Waals surface area (Å²) in [6, 6.07) is 12.1. The minimum absolute atomic E-state index is 0.0872. The molecule has 0 spiro atoms. The number of anilines is 1. The van der Waals surface area contributed by atoms with Crippen LogP contribution in [0.15, 0.2) is 60.0 Å². The molecule has 0 saturated heterocycles. The van der Waals surface area contributed by atoms with Crippen molar-refractivity contribution in [2.75, 3.05) is 10.7 Å². The molecule has 3 rings (SSSR count). The fourth-order valence-corrected chi connectivity index (χ4v) is 3.92. The van der Waals surface area contributed by atoms with E-state index in [1.54, 1.807) is 18.2 Å². The van der Waals surface area contributed by atoms with Gasteiger partial charge in [0.15, 0.2) is 9.84 Å². The van der Waals surface area contributed by atoms with Crippen LogP contribution in [0.5, 0.6) is 0 Å². The molecule has 2 aromatic carbocycles. The van der Waals surface area contributed by atoms with Crippen molar-refractivity contribution in [1.29, 1.82) is 0 Å². The summed E-state index contributed by atoms with van der Waals surface area (Å²) in [5.74, 6) is -1.41. The molecule has 0 bridgehead atoms. The molecular formula is C18H16FNO3S. The Morgan fingerprint density at radius 1 is 1.12 bits per heavy atom. The molecule has 0 aliphatic carbocycles. The minimum Gasteiger partial charge on any atom is -0.300 e. The smallest absolute Gasteiger partial charge is 0.261 e. The summed E-state index contributed by atoms with van der Waals surface area (Å²) in [4.78, 5) is 14.2. The number of hydrogen-bond acceptors (Lipinski definition) is 3. The molecule has 124 valence electrons. The summed E-state index contributed by atoms with van der Waals surface area (Å²) in [6.07, 6.45) is 1.47. The number of sulfone groups is 1. The first-order chi connectivity index (χ1) is 11.4. The van der Waals surface area contributed by atoms with Crippen LogP contribution in [0.1, 0.15) is 15.9 Å². The first-order valence-corrected chi connectivity index (χ1v) is 9.15. The van der Waals surface area contributed by atoms with E-state index in [1.165, 1.54) is 29.2 Å². The number of rotatable bonds is 3. The Kier molecular flexibility index (Phi) is 4.24. The van der Waals surface area contributed by atoms with Gasteiger partial charge >= 0.3 is 0 Å². The van der Waals surface area contributed by atoms with Crippen molar-refractivity contribution in [2.45, 2.75) is 13.0 Å². The average Bonchev–Trinajstić information content (AvgIpc) is 2.89. The Hall–Kier alpha value is -2.47. The van der Waals surface area contributed by atoms with Crippen LogP contribution in [0.2, 0.25) is 0 Å². The molecule has 0 radical (unpaired) electrons. The summed E-state index contributed by atoms with van der Waals surface area (Å²) in [7, 11) is -3.35. The van der Waals surface area contributed by atoms with Crippen molar-refractivity contribution in [1.82, 2.24) is 0 Å². The topological polar surface area (TPSA) is 54.5 Å². The highest BCUT2D eigenvalue weighted by Crippen LogP contribution is 2.26. The van der Waals surface area contributed by atoms with Gasteiger partial charge in [0.25, 0.3) is 5.91 Å². The van der Waals surface area contributed by atoms with E-state index in [1.807, 2.05) is 19.1 Å². The van der Waals surface area contributed by atoms with Gasteiger partial charge in [-0.2, -0.15) is 0 Å². The number of carbonyl (C=O) groups excluding carboxylic acids is 1. The zero-order valence-corrected chi connectivity index (χ0v) is 13.8. The predicted molar refractivity (Wildman–Crippen MR) is 91.1 cm³/mol. The molecule has 1 aliphatic rings. The molecule has 24 heavy (non-hydrogen) atoms. The summed E-state index contributed by atoms with van der Waals surface area (Å²) in [5, 5.41) is 1.10. The van der Waals surface area contributed by atoms with Gasteiger partial charge in [-0.3, -0.25) is 4.79 Å². The van der Waals surface area contributed by atoms with Crippen LogP contribution in [0.25, 0.3) is 0 Å². The molecule has 1 atom stereocenters. The van der Waals surface area contributed by atoms with Crippen LogP contribution in [0.3, 0.4) is 0 Å². The van der Waals surface area contributed by atoms with Crippen molar-refractivity contribution >= 4 is 21.4 Å². The number of benzene rings is 2. The SMILES string of the molecule is Cc1ccc(N(C(=O)c2ccccc2F)[C@H]2C=CS(=O)(=O)C2)cc1. The van der Waals surface area contributed by atoms with E-state index in [0.29, 0.717) is 5.69 Å². The van der Waals surface area contributed by atoms with Gasteiger partial charge in [-0.05, 0) is 37.3 Å². The first-order valence-electron chi connectivity index (χ1n) is 7.43. The van der Waals surface area contributed by atoms with Gasteiger partial charge < -0.3 is 4.90 Å². The van der Waals surface area contributed by atoms with Crippen LogP contribution in [-0.4, -0.2) is 26.1 Å². The van der Waals surface area contributed by atoms with Crippen molar-refractivity contribution in [2.24, 2.45) is 0 Å². The average molecular weight is 345 g/mol. The van der Waals surface area contributed by atoms with E-state index in [4.69, 9.17) is 0 Å². The summed E-state index contributed by atoms with van der Waals surface area (Å²) in [6.45, 7) is 1.91. The number of nitrogens with zero attached hydrogens (tertiary/aromatic N) is 1.